The van der Waals surface area contributed by atoms with Crippen molar-refractivity contribution in [2.24, 2.45) is 0 Å². The van der Waals surface area contributed by atoms with E-state index in [-0.39, 0.29) is 16.4 Å². The number of sulfonamides is 1. The number of anilines is 2. The summed E-state index contributed by atoms with van der Waals surface area (Å²) in [5.74, 6) is -0.300. The van der Waals surface area contributed by atoms with Crippen LogP contribution in [0.5, 0.6) is 0 Å². The van der Waals surface area contributed by atoms with Gasteiger partial charge in [0.15, 0.2) is 0 Å². The number of carbonyl (C=O) groups excluding carboxylic acids is 2. The first kappa shape index (κ1) is 20.0. The van der Waals surface area contributed by atoms with E-state index in [9.17, 15) is 18.0 Å². The maximum atomic E-state index is 12.6. The highest BCUT2D eigenvalue weighted by Crippen LogP contribution is 2.24. The van der Waals surface area contributed by atoms with Crippen LogP contribution >= 0.6 is 0 Å². The molecule has 0 saturated carbocycles. The fraction of sp³-hybridized carbons (Fsp3) is 0.300. The summed E-state index contributed by atoms with van der Waals surface area (Å²) in [5, 5.41) is 2.77. The number of rotatable bonds is 5. The molecule has 2 amide bonds. The van der Waals surface area contributed by atoms with Crippen molar-refractivity contribution in [3.05, 3.63) is 53.1 Å². The lowest BCUT2D eigenvalue weighted by molar-refractivity contribution is -0.117. The standard InChI is InChI=1S/C20H23N3O4S/c1-13-11-15(12-18(14(13)2)28(26,27)21-3)20(25)22-16-6-8-17(9-7-16)23-10-4-5-19(23)24/h6-9,11-12,21H,4-5,10H2,1-3H3,(H,22,25). The first-order chi connectivity index (χ1) is 13.2. The molecule has 3 rings (SSSR count). The van der Waals surface area contributed by atoms with Crippen LogP contribution in [0.4, 0.5) is 11.4 Å². The largest absolute Gasteiger partial charge is 0.322 e. The first-order valence-electron chi connectivity index (χ1n) is 8.99. The number of aryl methyl sites for hydroxylation is 1. The normalized spacial score (nSPS) is 14.4. The molecule has 1 fully saturated rings. The average molecular weight is 401 g/mol. The maximum absolute atomic E-state index is 12.6. The van der Waals surface area contributed by atoms with Crippen molar-refractivity contribution >= 4 is 33.2 Å². The Morgan fingerprint density at radius 2 is 1.79 bits per heavy atom. The SMILES string of the molecule is CNS(=O)(=O)c1cc(C(=O)Nc2ccc(N3CCCC3=O)cc2)cc(C)c1C. The van der Waals surface area contributed by atoms with E-state index in [1.54, 1.807) is 49.1 Å². The van der Waals surface area contributed by atoms with Gasteiger partial charge in [-0.3, -0.25) is 9.59 Å². The number of carbonyl (C=O) groups is 2. The number of amides is 2. The smallest absolute Gasteiger partial charge is 0.255 e. The quantitative estimate of drug-likeness (QED) is 0.805. The molecule has 148 valence electrons. The van der Waals surface area contributed by atoms with Gasteiger partial charge in [0.05, 0.1) is 4.90 Å². The van der Waals surface area contributed by atoms with Gasteiger partial charge < -0.3 is 10.2 Å². The van der Waals surface area contributed by atoms with Gasteiger partial charge in [-0.1, -0.05) is 0 Å². The zero-order valence-electron chi connectivity index (χ0n) is 16.1. The molecule has 0 unspecified atom stereocenters. The van der Waals surface area contributed by atoms with E-state index < -0.39 is 15.9 Å². The second-order valence-electron chi connectivity index (χ2n) is 6.77. The van der Waals surface area contributed by atoms with Crippen LogP contribution in [0.3, 0.4) is 0 Å². The summed E-state index contributed by atoms with van der Waals surface area (Å²) in [6.07, 6.45) is 1.41. The molecule has 8 heteroatoms. The average Bonchev–Trinajstić information content (AvgIpc) is 3.10. The van der Waals surface area contributed by atoms with Crippen LogP contribution in [0, 0.1) is 13.8 Å². The molecule has 2 aromatic carbocycles. The molecule has 7 nitrogen and oxygen atoms in total. The molecule has 0 aliphatic carbocycles. The van der Waals surface area contributed by atoms with E-state index in [4.69, 9.17) is 0 Å². The summed E-state index contributed by atoms with van der Waals surface area (Å²) < 4.78 is 26.7. The topological polar surface area (TPSA) is 95.6 Å². The minimum absolute atomic E-state index is 0.0862. The number of hydrogen-bond acceptors (Lipinski definition) is 4. The Morgan fingerprint density at radius 1 is 1.11 bits per heavy atom. The molecule has 1 aliphatic rings. The zero-order valence-corrected chi connectivity index (χ0v) is 16.9. The van der Waals surface area contributed by atoms with Crippen molar-refractivity contribution in [3.63, 3.8) is 0 Å². The van der Waals surface area contributed by atoms with Gasteiger partial charge in [0.2, 0.25) is 15.9 Å². The van der Waals surface area contributed by atoms with Crippen molar-refractivity contribution < 1.29 is 18.0 Å². The van der Waals surface area contributed by atoms with Crippen molar-refractivity contribution in [2.45, 2.75) is 31.6 Å². The molecule has 2 N–H and O–H groups in total. The third kappa shape index (κ3) is 3.93. The summed E-state index contributed by atoms with van der Waals surface area (Å²) in [6, 6.07) is 10.1. The molecular formula is C20H23N3O4S. The van der Waals surface area contributed by atoms with E-state index in [2.05, 4.69) is 10.0 Å². The highest BCUT2D eigenvalue weighted by Gasteiger charge is 2.22. The predicted molar refractivity (Wildman–Crippen MR) is 108 cm³/mol. The van der Waals surface area contributed by atoms with Gasteiger partial charge in [-0.15, -0.1) is 0 Å². The van der Waals surface area contributed by atoms with Gasteiger partial charge in [-0.25, -0.2) is 13.1 Å². The third-order valence-electron chi connectivity index (χ3n) is 4.95. The number of hydrogen-bond donors (Lipinski definition) is 2. The monoisotopic (exact) mass is 401 g/mol. The number of benzene rings is 2. The first-order valence-corrected chi connectivity index (χ1v) is 10.5. The lowest BCUT2D eigenvalue weighted by Crippen LogP contribution is -2.23. The van der Waals surface area contributed by atoms with Crippen molar-refractivity contribution in [1.82, 2.24) is 4.72 Å². The molecule has 0 bridgehead atoms. The second-order valence-corrected chi connectivity index (χ2v) is 8.63. The zero-order chi connectivity index (χ0) is 20.5. The lowest BCUT2D eigenvalue weighted by Gasteiger charge is -2.16. The summed E-state index contributed by atoms with van der Waals surface area (Å²) in [6.45, 7) is 4.18. The van der Waals surface area contributed by atoms with Crippen LogP contribution in [-0.4, -0.2) is 33.8 Å². The highest BCUT2D eigenvalue weighted by molar-refractivity contribution is 7.89. The molecular weight excluding hydrogens is 378 g/mol. The maximum Gasteiger partial charge on any atom is 0.255 e. The van der Waals surface area contributed by atoms with E-state index >= 15 is 0 Å². The van der Waals surface area contributed by atoms with Gasteiger partial charge in [0, 0.05) is 29.9 Å². The molecule has 1 saturated heterocycles. The van der Waals surface area contributed by atoms with Gasteiger partial charge in [0.1, 0.15) is 0 Å². The van der Waals surface area contributed by atoms with Gasteiger partial charge in [0.25, 0.3) is 5.91 Å². The highest BCUT2D eigenvalue weighted by atomic mass is 32.2. The van der Waals surface area contributed by atoms with Crippen LogP contribution in [-0.2, 0) is 14.8 Å². The van der Waals surface area contributed by atoms with Crippen molar-refractivity contribution in [1.29, 1.82) is 0 Å². The Hall–Kier alpha value is -2.71. The lowest BCUT2D eigenvalue weighted by atomic mass is 10.1. The van der Waals surface area contributed by atoms with Gasteiger partial charge in [-0.2, -0.15) is 0 Å². The van der Waals surface area contributed by atoms with Crippen LogP contribution in [0.25, 0.3) is 0 Å². The van der Waals surface area contributed by atoms with Crippen LogP contribution in [0.15, 0.2) is 41.3 Å². The Labute approximate surface area is 164 Å². The van der Waals surface area contributed by atoms with Gasteiger partial charge >= 0.3 is 0 Å². The minimum Gasteiger partial charge on any atom is -0.322 e. The summed E-state index contributed by atoms with van der Waals surface area (Å²) in [7, 11) is -2.33. The fourth-order valence-corrected chi connectivity index (χ4v) is 4.26. The molecule has 1 aliphatic heterocycles. The van der Waals surface area contributed by atoms with Crippen LogP contribution in [0.2, 0.25) is 0 Å². The Morgan fingerprint density at radius 3 is 2.36 bits per heavy atom. The van der Waals surface area contributed by atoms with Crippen molar-refractivity contribution in [3.8, 4) is 0 Å². The summed E-state index contributed by atoms with van der Waals surface area (Å²) in [4.78, 5) is 26.3. The van der Waals surface area contributed by atoms with E-state index in [1.165, 1.54) is 13.1 Å². The molecule has 28 heavy (non-hydrogen) atoms. The Kier molecular flexibility index (Phi) is 5.53. The third-order valence-corrected chi connectivity index (χ3v) is 6.49. The predicted octanol–water partition coefficient (Wildman–Crippen LogP) is 2.59. The second kappa shape index (κ2) is 7.73. The molecule has 0 aromatic heterocycles. The number of nitrogens with one attached hydrogen (secondary N) is 2. The van der Waals surface area contributed by atoms with Crippen LogP contribution < -0.4 is 14.9 Å². The Bertz CT molecular complexity index is 1030. The minimum atomic E-state index is -3.67. The van der Waals surface area contributed by atoms with Gasteiger partial charge in [-0.05, 0) is 74.8 Å². The Balaban J connectivity index is 1.82. The van der Waals surface area contributed by atoms with E-state index in [0.717, 1.165) is 12.1 Å². The molecule has 2 aromatic rings. The molecule has 0 spiro atoms. The summed E-state index contributed by atoms with van der Waals surface area (Å²) >= 11 is 0. The van der Waals surface area contributed by atoms with E-state index in [1.807, 2.05) is 0 Å². The van der Waals surface area contributed by atoms with E-state index in [0.29, 0.717) is 29.8 Å². The number of nitrogens with zero attached hydrogens (tertiary/aromatic N) is 1. The molecule has 1 heterocycles. The summed E-state index contributed by atoms with van der Waals surface area (Å²) in [5.41, 5.74) is 2.94. The van der Waals surface area contributed by atoms with Crippen LogP contribution in [0.1, 0.15) is 34.3 Å². The molecule has 0 atom stereocenters. The van der Waals surface area contributed by atoms with Crippen molar-refractivity contribution in [2.75, 3.05) is 23.8 Å². The fourth-order valence-electron chi connectivity index (χ4n) is 3.20. The molecule has 0 radical (unpaired) electrons.